The predicted molar refractivity (Wildman–Crippen MR) is 92.8 cm³/mol. The van der Waals surface area contributed by atoms with E-state index in [4.69, 9.17) is 10.7 Å². The van der Waals surface area contributed by atoms with E-state index >= 15 is 0 Å². The SMILES string of the molecule is Nc1cccc2ccc(C(C3CCCC3)C3CCCC3)nc12. The number of nitrogen functional groups attached to an aromatic ring is 1. The maximum absolute atomic E-state index is 6.17. The van der Waals surface area contributed by atoms with E-state index in [-0.39, 0.29) is 0 Å². The number of benzene rings is 1. The molecule has 116 valence electrons. The predicted octanol–water partition coefficient (Wildman–Crippen LogP) is 5.28. The summed E-state index contributed by atoms with van der Waals surface area (Å²) >= 11 is 0. The van der Waals surface area contributed by atoms with E-state index < -0.39 is 0 Å². The minimum Gasteiger partial charge on any atom is -0.397 e. The minimum atomic E-state index is 0.661. The summed E-state index contributed by atoms with van der Waals surface area (Å²) in [6.45, 7) is 0. The summed E-state index contributed by atoms with van der Waals surface area (Å²) in [6.07, 6.45) is 11.2. The Labute approximate surface area is 133 Å². The highest BCUT2D eigenvalue weighted by Crippen LogP contribution is 2.47. The van der Waals surface area contributed by atoms with Gasteiger partial charge in [0.2, 0.25) is 0 Å². The first kappa shape index (κ1) is 14.0. The first-order valence-corrected chi connectivity index (χ1v) is 8.98. The fraction of sp³-hybridized carbons (Fsp3) is 0.550. The van der Waals surface area contributed by atoms with Gasteiger partial charge in [-0.3, -0.25) is 4.98 Å². The van der Waals surface area contributed by atoms with Crippen LogP contribution in [0.4, 0.5) is 5.69 Å². The molecule has 4 rings (SSSR count). The molecule has 0 saturated heterocycles. The molecule has 2 aliphatic rings. The Kier molecular flexibility index (Phi) is 3.77. The van der Waals surface area contributed by atoms with Crippen molar-refractivity contribution < 1.29 is 0 Å². The van der Waals surface area contributed by atoms with Crippen LogP contribution in [0.15, 0.2) is 30.3 Å². The number of pyridine rings is 1. The summed E-state index contributed by atoms with van der Waals surface area (Å²) < 4.78 is 0. The van der Waals surface area contributed by atoms with Gasteiger partial charge in [0, 0.05) is 17.0 Å². The molecule has 1 aromatic heterocycles. The van der Waals surface area contributed by atoms with Gasteiger partial charge in [-0.05, 0) is 49.7 Å². The molecule has 2 aromatic rings. The van der Waals surface area contributed by atoms with Crippen molar-refractivity contribution in [3.63, 3.8) is 0 Å². The zero-order valence-electron chi connectivity index (χ0n) is 13.3. The lowest BCUT2D eigenvalue weighted by atomic mass is 9.77. The molecule has 2 aliphatic carbocycles. The Morgan fingerprint density at radius 2 is 1.50 bits per heavy atom. The van der Waals surface area contributed by atoms with Crippen LogP contribution in [0.1, 0.15) is 63.0 Å². The average Bonchev–Trinajstić information content (AvgIpc) is 3.22. The number of aromatic nitrogens is 1. The molecule has 22 heavy (non-hydrogen) atoms. The van der Waals surface area contributed by atoms with Gasteiger partial charge in [-0.25, -0.2) is 0 Å². The van der Waals surface area contributed by atoms with Crippen molar-refractivity contribution in [2.45, 2.75) is 57.3 Å². The molecule has 2 fully saturated rings. The van der Waals surface area contributed by atoms with E-state index in [0.29, 0.717) is 5.92 Å². The fourth-order valence-corrected chi connectivity index (χ4v) is 4.87. The Bertz CT molecular complexity index is 636. The van der Waals surface area contributed by atoms with E-state index in [9.17, 15) is 0 Å². The molecule has 0 bridgehead atoms. The van der Waals surface area contributed by atoms with Crippen LogP contribution in [0.25, 0.3) is 10.9 Å². The number of hydrogen-bond acceptors (Lipinski definition) is 2. The lowest BCUT2D eigenvalue weighted by Crippen LogP contribution is -2.19. The Balaban J connectivity index is 1.76. The van der Waals surface area contributed by atoms with E-state index in [0.717, 1.165) is 23.0 Å². The van der Waals surface area contributed by atoms with Crippen molar-refractivity contribution in [2.75, 3.05) is 5.73 Å². The quantitative estimate of drug-likeness (QED) is 0.782. The van der Waals surface area contributed by atoms with Crippen LogP contribution in [0.3, 0.4) is 0 Å². The standard InChI is InChI=1S/C20H26N2/c21-17-11-5-10-16-12-13-18(22-20(16)17)19(14-6-1-2-7-14)15-8-3-4-9-15/h5,10-15,19H,1-4,6-9,21H2. The molecule has 0 radical (unpaired) electrons. The van der Waals surface area contributed by atoms with Gasteiger partial charge in [0.05, 0.1) is 11.2 Å². The maximum Gasteiger partial charge on any atom is 0.0934 e. The second kappa shape index (κ2) is 5.91. The molecule has 2 N–H and O–H groups in total. The van der Waals surface area contributed by atoms with Gasteiger partial charge in [-0.1, -0.05) is 43.9 Å². The van der Waals surface area contributed by atoms with Crippen LogP contribution in [0.2, 0.25) is 0 Å². The summed E-state index contributed by atoms with van der Waals surface area (Å²) in [7, 11) is 0. The van der Waals surface area contributed by atoms with Crippen molar-refractivity contribution in [2.24, 2.45) is 11.8 Å². The molecule has 1 aromatic carbocycles. The van der Waals surface area contributed by atoms with Gasteiger partial charge in [0.15, 0.2) is 0 Å². The van der Waals surface area contributed by atoms with Crippen molar-refractivity contribution >= 4 is 16.6 Å². The summed E-state index contributed by atoms with van der Waals surface area (Å²) in [6, 6.07) is 10.6. The fourth-order valence-electron chi connectivity index (χ4n) is 4.87. The second-order valence-electron chi connectivity index (χ2n) is 7.27. The van der Waals surface area contributed by atoms with Gasteiger partial charge < -0.3 is 5.73 Å². The Hall–Kier alpha value is -1.57. The Morgan fingerprint density at radius 1 is 0.864 bits per heavy atom. The second-order valence-corrected chi connectivity index (χ2v) is 7.27. The van der Waals surface area contributed by atoms with Gasteiger partial charge in [0.1, 0.15) is 0 Å². The number of fused-ring (bicyclic) bond motifs is 1. The smallest absolute Gasteiger partial charge is 0.0934 e. The highest BCUT2D eigenvalue weighted by atomic mass is 14.8. The van der Waals surface area contributed by atoms with Crippen LogP contribution >= 0.6 is 0 Å². The number of para-hydroxylation sites is 1. The molecule has 0 unspecified atom stereocenters. The Morgan fingerprint density at radius 3 is 2.14 bits per heavy atom. The lowest BCUT2D eigenvalue weighted by Gasteiger charge is -2.29. The van der Waals surface area contributed by atoms with Crippen LogP contribution in [0, 0.1) is 11.8 Å². The summed E-state index contributed by atoms with van der Waals surface area (Å²) in [5, 5.41) is 1.17. The van der Waals surface area contributed by atoms with E-state index in [1.165, 1.54) is 62.4 Å². The monoisotopic (exact) mass is 294 g/mol. The zero-order valence-corrected chi connectivity index (χ0v) is 13.3. The molecule has 0 spiro atoms. The van der Waals surface area contributed by atoms with E-state index in [2.05, 4.69) is 18.2 Å². The summed E-state index contributed by atoms with van der Waals surface area (Å²) in [5.41, 5.74) is 9.30. The molecular weight excluding hydrogens is 268 g/mol. The van der Waals surface area contributed by atoms with Crippen molar-refractivity contribution in [3.05, 3.63) is 36.0 Å². The normalized spacial score (nSPS) is 20.4. The van der Waals surface area contributed by atoms with Crippen molar-refractivity contribution in [3.8, 4) is 0 Å². The maximum atomic E-state index is 6.17. The number of rotatable bonds is 3. The highest BCUT2D eigenvalue weighted by molar-refractivity contribution is 5.89. The molecule has 0 atom stereocenters. The van der Waals surface area contributed by atoms with Crippen LogP contribution in [-0.4, -0.2) is 4.98 Å². The van der Waals surface area contributed by atoms with E-state index in [1.807, 2.05) is 12.1 Å². The van der Waals surface area contributed by atoms with Crippen molar-refractivity contribution in [1.82, 2.24) is 4.98 Å². The molecule has 1 heterocycles. The molecule has 0 aliphatic heterocycles. The lowest BCUT2D eigenvalue weighted by molar-refractivity contribution is 0.310. The third kappa shape index (κ3) is 2.49. The molecule has 2 nitrogen and oxygen atoms in total. The zero-order chi connectivity index (χ0) is 14.9. The van der Waals surface area contributed by atoms with Crippen molar-refractivity contribution in [1.29, 1.82) is 0 Å². The van der Waals surface area contributed by atoms with E-state index in [1.54, 1.807) is 0 Å². The molecule has 2 saturated carbocycles. The van der Waals surface area contributed by atoms with Crippen LogP contribution < -0.4 is 5.73 Å². The number of nitrogens with two attached hydrogens (primary N) is 1. The first-order chi connectivity index (χ1) is 10.8. The van der Waals surface area contributed by atoms with Gasteiger partial charge in [0.25, 0.3) is 0 Å². The van der Waals surface area contributed by atoms with Gasteiger partial charge in [-0.2, -0.15) is 0 Å². The first-order valence-electron chi connectivity index (χ1n) is 8.98. The van der Waals surface area contributed by atoms with Crippen LogP contribution in [0.5, 0.6) is 0 Å². The number of nitrogens with zero attached hydrogens (tertiary/aromatic N) is 1. The molecule has 0 amide bonds. The van der Waals surface area contributed by atoms with Crippen LogP contribution in [-0.2, 0) is 0 Å². The average molecular weight is 294 g/mol. The minimum absolute atomic E-state index is 0.661. The third-order valence-electron chi connectivity index (χ3n) is 5.93. The van der Waals surface area contributed by atoms with Gasteiger partial charge >= 0.3 is 0 Å². The molecular formula is C20H26N2. The highest BCUT2D eigenvalue weighted by Gasteiger charge is 2.35. The number of anilines is 1. The summed E-state index contributed by atoms with van der Waals surface area (Å²) in [4.78, 5) is 5.04. The number of hydrogen-bond donors (Lipinski definition) is 1. The largest absolute Gasteiger partial charge is 0.397 e. The molecule has 2 heteroatoms. The van der Waals surface area contributed by atoms with Gasteiger partial charge in [-0.15, -0.1) is 0 Å². The topological polar surface area (TPSA) is 38.9 Å². The third-order valence-corrected chi connectivity index (χ3v) is 5.93. The summed E-state index contributed by atoms with van der Waals surface area (Å²) in [5.74, 6) is 2.35.